The van der Waals surface area contributed by atoms with E-state index < -0.39 is 16.1 Å². The summed E-state index contributed by atoms with van der Waals surface area (Å²) in [5.74, 6) is 0.706. The van der Waals surface area contributed by atoms with Crippen LogP contribution in [0.2, 0.25) is 39.3 Å². The normalized spacial score (nSPS) is 30.2. The zero-order valence-electron chi connectivity index (χ0n) is 17.0. The summed E-state index contributed by atoms with van der Waals surface area (Å²) in [6.45, 7) is 17.6. The van der Waals surface area contributed by atoms with Crippen LogP contribution in [0, 0.1) is 5.41 Å². The summed E-state index contributed by atoms with van der Waals surface area (Å²) in [7, 11) is -0.734. The smallest absolute Gasteiger partial charge is 0.0774 e. The standard InChI is InChI=1S/C21H36OSi2/c1-21-12-11-15-13-18(23(3,4)5)19(24(6,7)8)14-16(15)17(21)9-10-20(21)22-2/h13-14,17,20H,9-12H2,1-8H3. The Hall–Kier alpha value is -0.386. The van der Waals surface area contributed by atoms with Gasteiger partial charge in [0.25, 0.3) is 0 Å². The summed E-state index contributed by atoms with van der Waals surface area (Å²) < 4.78 is 5.89. The summed E-state index contributed by atoms with van der Waals surface area (Å²) in [6.07, 6.45) is 5.52. The molecule has 1 saturated carbocycles. The van der Waals surface area contributed by atoms with Gasteiger partial charge in [-0.25, -0.2) is 0 Å². The Morgan fingerprint density at radius 3 is 2.08 bits per heavy atom. The Morgan fingerprint density at radius 1 is 0.958 bits per heavy atom. The largest absolute Gasteiger partial charge is 0.381 e. The topological polar surface area (TPSA) is 9.23 Å². The van der Waals surface area contributed by atoms with Gasteiger partial charge in [-0.15, -0.1) is 0 Å². The minimum absolute atomic E-state index is 0.346. The van der Waals surface area contributed by atoms with Gasteiger partial charge in [-0.1, -0.05) is 68.7 Å². The van der Waals surface area contributed by atoms with Gasteiger partial charge in [-0.2, -0.15) is 0 Å². The zero-order valence-corrected chi connectivity index (χ0v) is 19.0. The Labute approximate surface area is 151 Å². The fourth-order valence-electron chi connectivity index (χ4n) is 5.28. The Bertz CT molecular complexity index is 638. The first-order valence-electron chi connectivity index (χ1n) is 9.69. The zero-order chi connectivity index (χ0) is 17.9. The monoisotopic (exact) mass is 360 g/mol. The predicted molar refractivity (Wildman–Crippen MR) is 112 cm³/mol. The highest BCUT2D eigenvalue weighted by molar-refractivity contribution is 6.98. The van der Waals surface area contributed by atoms with E-state index in [0.29, 0.717) is 17.4 Å². The van der Waals surface area contributed by atoms with Crippen molar-refractivity contribution in [1.82, 2.24) is 0 Å². The maximum Gasteiger partial charge on any atom is 0.0774 e. The number of methoxy groups -OCH3 is 1. The Kier molecular flexibility index (Phi) is 4.46. The average Bonchev–Trinajstić information content (AvgIpc) is 2.80. The molecule has 3 unspecified atom stereocenters. The van der Waals surface area contributed by atoms with Crippen molar-refractivity contribution < 1.29 is 4.74 Å². The number of fused-ring (bicyclic) bond motifs is 3. The van der Waals surface area contributed by atoms with E-state index in [1.165, 1.54) is 25.7 Å². The van der Waals surface area contributed by atoms with E-state index in [1.54, 1.807) is 21.5 Å². The molecule has 1 fully saturated rings. The highest BCUT2D eigenvalue weighted by Gasteiger charge is 2.50. The molecular formula is C21H36OSi2. The molecule has 2 aliphatic rings. The predicted octanol–water partition coefficient (Wildman–Crippen LogP) is 4.62. The van der Waals surface area contributed by atoms with Crippen LogP contribution in [0.4, 0.5) is 0 Å². The van der Waals surface area contributed by atoms with Crippen LogP contribution < -0.4 is 10.4 Å². The first kappa shape index (κ1) is 18.4. The molecule has 2 aliphatic carbocycles. The maximum absolute atomic E-state index is 5.89. The molecule has 0 aliphatic heterocycles. The summed E-state index contributed by atoms with van der Waals surface area (Å²) in [4.78, 5) is 0. The van der Waals surface area contributed by atoms with Crippen molar-refractivity contribution in [2.24, 2.45) is 5.41 Å². The second-order valence-electron chi connectivity index (χ2n) is 10.5. The van der Waals surface area contributed by atoms with Crippen LogP contribution in [-0.2, 0) is 11.2 Å². The van der Waals surface area contributed by atoms with Crippen molar-refractivity contribution in [1.29, 1.82) is 0 Å². The van der Waals surface area contributed by atoms with Crippen molar-refractivity contribution in [2.45, 2.75) is 83.9 Å². The number of rotatable bonds is 3. The second kappa shape index (κ2) is 5.82. The van der Waals surface area contributed by atoms with Gasteiger partial charge in [0, 0.05) is 12.5 Å². The molecule has 0 saturated heterocycles. The number of aryl methyl sites for hydroxylation is 1. The fraction of sp³-hybridized carbons (Fsp3) is 0.714. The molecule has 0 amide bonds. The van der Waals surface area contributed by atoms with Crippen LogP contribution >= 0.6 is 0 Å². The summed E-state index contributed by atoms with van der Waals surface area (Å²) >= 11 is 0. The lowest BCUT2D eigenvalue weighted by molar-refractivity contribution is 0.00579. The van der Waals surface area contributed by atoms with Gasteiger partial charge in [0.05, 0.1) is 22.3 Å². The quantitative estimate of drug-likeness (QED) is 0.715. The SMILES string of the molecule is COC1CCC2c3cc([Si](C)(C)C)c([Si](C)(C)C)cc3CCC12C. The molecule has 1 aromatic rings. The highest BCUT2D eigenvalue weighted by Crippen LogP contribution is 2.56. The van der Waals surface area contributed by atoms with Gasteiger partial charge in [0.2, 0.25) is 0 Å². The Balaban J connectivity index is 2.16. The lowest BCUT2D eigenvalue weighted by Gasteiger charge is -2.42. The molecule has 0 N–H and O–H groups in total. The van der Waals surface area contributed by atoms with Crippen molar-refractivity contribution in [2.75, 3.05) is 7.11 Å². The van der Waals surface area contributed by atoms with Crippen molar-refractivity contribution in [3.8, 4) is 0 Å². The van der Waals surface area contributed by atoms with E-state index >= 15 is 0 Å². The van der Waals surface area contributed by atoms with E-state index in [-0.39, 0.29) is 0 Å². The van der Waals surface area contributed by atoms with Crippen molar-refractivity contribution >= 4 is 26.5 Å². The molecule has 134 valence electrons. The number of hydrogen-bond donors (Lipinski definition) is 0. The van der Waals surface area contributed by atoms with E-state index in [4.69, 9.17) is 4.74 Å². The summed E-state index contributed by atoms with van der Waals surface area (Å²) in [6, 6.07) is 5.32. The average molecular weight is 361 g/mol. The van der Waals surface area contributed by atoms with E-state index in [0.717, 1.165) is 0 Å². The molecular weight excluding hydrogens is 324 g/mol. The summed E-state index contributed by atoms with van der Waals surface area (Å²) in [5.41, 5.74) is 3.69. The van der Waals surface area contributed by atoms with Crippen LogP contribution in [0.15, 0.2) is 12.1 Å². The van der Waals surface area contributed by atoms with Gasteiger partial charge in [0.15, 0.2) is 0 Å². The molecule has 0 bridgehead atoms. The van der Waals surface area contributed by atoms with Gasteiger partial charge in [-0.05, 0) is 42.7 Å². The van der Waals surface area contributed by atoms with Gasteiger partial charge in [0.1, 0.15) is 0 Å². The lowest BCUT2D eigenvalue weighted by atomic mass is 9.66. The molecule has 24 heavy (non-hydrogen) atoms. The molecule has 3 atom stereocenters. The first-order valence-corrected chi connectivity index (χ1v) is 16.7. The van der Waals surface area contributed by atoms with Gasteiger partial charge >= 0.3 is 0 Å². The molecule has 1 nitrogen and oxygen atoms in total. The fourth-order valence-corrected chi connectivity index (χ4v) is 10.5. The maximum atomic E-state index is 5.89. The molecule has 0 radical (unpaired) electrons. The molecule has 0 aromatic heterocycles. The number of ether oxygens (including phenoxy) is 1. The van der Waals surface area contributed by atoms with Crippen LogP contribution in [0.1, 0.15) is 43.2 Å². The minimum atomic E-state index is -1.34. The molecule has 3 rings (SSSR count). The van der Waals surface area contributed by atoms with Gasteiger partial charge in [-0.3, -0.25) is 0 Å². The number of benzene rings is 1. The van der Waals surface area contributed by atoms with E-state index in [1.807, 2.05) is 7.11 Å². The van der Waals surface area contributed by atoms with E-state index in [9.17, 15) is 0 Å². The third-order valence-corrected chi connectivity index (χ3v) is 11.0. The third-order valence-electron chi connectivity index (χ3n) is 6.74. The molecule has 3 heteroatoms. The molecule has 1 aromatic carbocycles. The minimum Gasteiger partial charge on any atom is -0.381 e. The third kappa shape index (κ3) is 2.87. The van der Waals surface area contributed by atoms with Crippen LogP contribution in [0.3, 0.4) is 0 Å². The van der Waals surface area contributed by atoms with Crippen molar-refractivity contribution in [3.05, 3.63) is 23.3 Å². The lowest BCUT2D eigenvalue weighted by Crippen LogP contribution is -2.57. The van der Waals surface area contributed by atoms with Crippen LogP contribution in [0.25, 0.3) is 0 Å². The van der Waals surface area contributed by atoms with Crippen LogP contribution in [0.5, 0.6) is 0 Å². The number of hydrogen-bond acceptors (Lipinski definition) is 1. The summed E-state index contributed by atoms with van der Waals surface area (Å²) in [5, 5.41) is 3.48. The molecule has 0 heterocycles. The second-order valence-corrected chi connectivity index (χ2v) is 20.5. The van der Waals surface area contributed by atoms with E-state index in [2.05, 4.69) is 58.3 Å². The van der Waals surface area contributed by atoms with Gasteiger partial charge < -0.3 is 4.74 Å². The highest BCUT2D eigenvalue weighted by atomic mass is 28.3. The molecule has 0 spiro atoms. The Morgan fingerprint density at radius 2 is 1.54 bits per heavy atom. The van der Waals surface area contributed by atoms with Crippen molar-refractivity contribution in [3.63, 3.8) is 0 Å². The van der Waals surface area contributed by atoms with Crippen LogP contribution in [-0.4, -0.2) is 29.4 Å². The first-order chi connectivity index (χ1) is 11.0.